The number of unbranched alkanes of at least 4 members (excludes halogenated alkanes) is 1. The van der Waals surface area contributed by atoms with Crippen LogP contribution in [0.2, 0.25) is 0 Å². The summed E-state index contributed by atoms with van der Waals surface area (Å²) < 4.78 is 34.0. The van der Waals surface area contributed by atoms with Gasteiger partial charge in [-0.3, -0.25) is 38.4 Å². The van der Waals surface area contributed by atoms with Crippen LogP contribution in [0.3, 0.4) is 0 Å². The summed E-state index contributed by atoms with van der Waals surface area (Å²) in [6, 6.07) is 8.80. The number of aliphatic carboxylic acids is 3. The van der Waals surface area contributed by atoms with E-state index in [1.807, 2.05) is 78.8 Å². The monoisotopic (exact) mass is 1130 g/mol. The number of benzene rings is 1. The average Bonchev–Trinajstić information content (AvgIpc) is 3.35. The van der Waals surface area contributed by atoms with Crippen molar-refractivity contribution in [3.05, 3.63) is 35.9 Å². The molecule has 0 heterocycles. The summed E-state index contributed by atoms with van der Waals surface area (Å²) in [6.07, 6.45) is 2.87. The number of carbonyl (C=O) groups is 9. The number of carboxylic acids is 3. The molecule has 0 radical (unpaired) electrons. The number of ether oxygens (including phenoxy) is 7. The summed E-state index contributed by atoms with van der Waals surface area (Å²) in [5.74, 6) is -5.57. The molecule has 22 nitrogen and oxygen atoms in total. The van der Waals surface area contributed by atoms with Gasteiger partial charge in [-0.05, 0) is 89.0 Å². The maximum absolute atomic E-state index is 11.8. The smallest absolute Gasteiger partial charge is 0.403 e. The highest BCUT2D eigenvalue weighted by Gasteiger charge is 2.28. The van der Waals surface area contributed by atoms with E-state index >= 15 is 0 Å². The van der Waals surface area contributed by atoms with Gasteiger partial charge in [-0.1, -0.05) is 85.7 Å². The summed E-state index contributed by atoms with van der Waals surface area (Å²) in [7, 11) is 0. The van der Waals surface area contributed by atoms with Gasteiger partial charge in [0.25, 0.3) is 0 Å². The predicted molar refractivity (Wildman–Crippen MR) is 287 cm³/mol. The number of halogens is 1. The fourth-order valence-electron chi connectivity index (χ4n) is 5.51. The summed E-state index contributed by atoms with van der Waals surface area (Å²) in [6.45, 7) is 24.7. The fraction of sp³-hybridized carbons (Fsp3) is 0.722. The predicted octanol–water partition coefficient (Wildman–Crippen LogP) is 7.86. The van der Waals surface area contributed by atoms with Gasteiger partial charge in [-0.25, -0.2) is 4.79 Å². The molecule has 0 spiro atoms. The average molecular weight is 1130 g/mol. The van der Waals surface area contributed by atoms with Crippen molar-refractivity contribution in [2.45, 2.75) is 154 Å². The Labute approximate surface area is 461 Å². The minimum Gasteiger partial charge on any atom is -0.481 e. The second-order valence-corrected chi connectivity index (χ2v) is 18.2. The standard InChI is InChI=1S/C13H22O6.C13H24O5.C11H14O3.C9H18O3.C5H11NO2.C3H5ClO2/c1-4-18-12(16)8-10(9(2)3)13(17)19-7-5-6-11(14)15;1-4-17-12(15)9-11(10(2)3)13(16)18-8-6-5-7-14;12-8-4-7-11(13)14-9-10-5-2-1-3-6-10;1-4-12-6-5-8(7(2)3)9(10)11;1-3(2)4(6)5(7)8;1-2-6-3(4)5/h9-10H,4-8H2,1-3H3,(H,14,15);10-11,14H,4-9H2,1-3H3;1-3,5-6,12H,4,7-9H2;7-8H,4-6H2,1-3H3,(H,10,11);3-4H,6H2,1-2H3,(H,7,8);2H2,1H3/t10-;11-;;8-;4-;/m00.00./s1. The van der Waals surface area contributed by atoms with Crippen LogP contribution in [0.25, 0.3) is 0 Å². The Balaban J connectivity index is -0.000000279. The lowest BCUT2D eigenvalue weighted by atomic mass is 9.93. The Morgan fingerprint density at radius 2 is 0.961 bits per heavy atom. The van der Waals surface area contributed by atoms with Crippen LogP contribution in [0.15, 0.2) is 30.3 Å². The largest absolute Gasteiger partial charge is 0.481 e. The topological polar surface area (TPSA) is 345 Å². The first-order valence-electron chi connectivity index (χ1n) is 26.0. The molecule has 4 atom stereocenters. The fourth-order valence-corrected chi connectivity index (χ4v) is 5.62. The molecular formula is C54H94ClNO21. The van der Waals surface area contributed by atoms with E-state index in [-0.39, 0.29) is 113 Å². The third-order valence-electron chi connectivity index (χ3n) is 10.1. The lowest BCUT2D eigenvalue weighted by molar-refractivity contribution is -0.157. The zero-order chi connectivity index (χ0) is 60.3. The molecule has 7 N–H and O–H groups in total. The van der Waals surface area contributed by atoms with Crippen LogP contribution in [0, 0.1) is 41.4 Å². The number of hydrogen-bond donors (Lipinski definition) is 6. The van der Waals surface area contributed by atoms with Gasteiger partial charge in [0.15, 0.2) is 0 Å². The molecule has 23 heteroatoms. The van der Waals surface area contributed by atoms with E-state index in [9.17, 15) is 43.2 Å². The molecular weight excluding hydrogens is 1030 g/mol. The van der Waals surface area contributed by atoms with E-state index in [2.05, 4.69) is 4.74 Å². The highest BCUT2D eigenvalue weighted by atomic mass is 35.5. The van der Waals surface area contributed by atoms with Gasteiger partial charge in [0.2, 0.25) is 0 Å². The molecule has 0 aromatic heterocycles. The van der Waals surface area contributed by atoms with Crippen LogP contribution in [-0.4, -0.2) is 144 Å². The molecule has 0 fully saturated rings. The van der Waals surface area contributed by atoms with Crippen LogP contribution in [0.1, 0.15) is 146 Å². The number of aliphatic hydroxyl groups excluding tert-OH is 2. The second-order valence-electron chi connectivity index (χ2n) is 17.9. The first kappa shape index (κ1) is 80.4. The molecule has 0 bridgehead atoms. The van der Waals surface area contributed by atoms with E-state index in [0.717, 1.165) is 5.56 Å². The first-order valence-corrected chi connectivity index (χ1v) is 26.4. The van der Waals surface area contributed by atoms with Gasteiger partial charge in [-0.2, -0.15) is 0 Å². The maximum Gasteiger partial charge on any atom is 0.403 e. The zero-order valence-corrected chi connectivity index (χ0v) is 48.4. The van der Waals surface area contributed by atoms with Crippen molar-refractivity contribution in [2.75, 3.05) is 59.5 Å². The molecule has 77 heavy (non-hydrogen) atoms. The van der Waals surface area contributed by atoms with Gasteiger partial charge in [0.1, 0.15) is 12.6 Å². The van der Waals surface area contributed by atoms with Gasteiger partial charge < -0.3 is 64.4 Å². The molecule has 1 rings (SSSR count). The Morgan fingerprint density at radius 1 is 0.506 bits per heavy atom. The molecule has 0 amide bonds. The van der Waals surface area contributed by atoms with Crippen LogP contribution < -0.4 is 5.73 Å². The Kier molecular flexibility index (Phi) is 56.4. The number of carbonyl (C=O) groups excluding carboxylic acids is 6. The molecule has 1 aromatic rings. The van der Waals surface area contributed by atoms with Crippen LogP contribution in [0.5, 0.6) is 0 Å². The van der Waals surface area contributed by atoms with Crippen molar-refractivity contribution in [3.63, 3.8) is 0 Å². The van der Waals surface area contributed by atoms with Crippen molar-refractivity contribution in [2.24, 2.45) is 47.2 Å². The minimum atomic E-state index is -0.931. The molecule has 0 unspecified atom stereocenters. The highest BCUT2D eigenvalue weighted by Crippen LogP contribution is 2.20. The lowest BCUT2D eigenvalue weighted by Gasteiger charge is -2.18. The van der Waals surface area contributed by atoms with Crippen LogP contribution in [-0.2, 0) is 78.1 Å². The number of esters is 5. The Morgan fingerprint density at radius 3 is 1.29 bits per heavy atom. The first-order chi connectivity index (χ1) is 36.1. The van der Waals surface area contributed by atoms with E-state index in [4.69, 9.17) is 71.3 Å². The van der Waals surface area contributed by atoms with Crippen LogP contribution in [0.4, 0.5) is 4.79 Å². The summed E-state index contributed by atoms with van der Waals surface area (Å²) in [5.41, 5.74) is 5.40. The second kappa shape index (κ2) is 54.0. The Bertz CT molecular complexity index is 1710. The van der Waals surface area contributed by atoms with Crippen molar-refractivity contribution >= 4 is 64.8 Å². The quantitative estimate of drug-likeness (QED) is 0.0173. The third-order valence-corrected chi connectivity index (χ3v) is 10.2. The van der Waals surface area contributed by atoms with E-state index < -0.39 is 53.2 Å². The molecule has 0 saturated heterocycles. The summed E-state index contributed by atoms with van der Waals surface area (Å²) in [4.78, 5) is 98.0. The number of nitrogens with two attached hydrogens (primary N) is 1. The van der Waals surface area contributed by atoms with Crippen LogP contribution >= 0.6 is 11.6 Å². The van der Waals surface area contributed by atoms with Gasteiger partial charge in [0.05, 0.1) is 63.6 Å². The molecule has 0 aliphatic rings. The van der Waals surface area contributed by atoms with E-state index in [1.54, 1.807) is 34.6 Å². The minimum absolute atomic E-state index is 0.0106. The van der Waals surface area contributed by atoms with Gasteiger partial charge in [-0.15, -0.1) is 0 Å². The third kappa shape index (κ3) is 53.8. The zero-order valence-electron chi connectivity index (χ0n) is 47.7. The van der Waals surface area contributed by atoms with Crippen molar-refractivity contribution in [1.82, 2.24) is 0 Å². The van der Waals surface area contributed by atoms with Crippen molar-refractivity contribution in [1.29, 1.82) is 0 Å². The molecule has 1 aromatic carbocycles. The van der Waals surface area contributed by atoms with E-state index in [0.29, 0.717) is 58.7 Å². The van der Waals surface area contributed by atoms with Crippen molar-refractivity contribution in [3.8, 4) is 0 Å². The number of carboxylic acid groups (broad SMARTS) is 3. The maximum atomic E-state index is 11.8. The molecule has 0 saturated carbocycles. The van der Waals surface area contributed by atoms with Gasteiger partial charge >= 0.3 is 53.2 Å². The van der Waals surface area contributed by atoms with Crippen molar-refractivity contribution < 1.29 is 102 Å². The molecule has 0 aliphatic heterocycles. The normalized spacial score (nSPS) is 11.7. The molecule has 0 aliphatic carbocycles. The van der Waals surface area contributed by atoms with Gasteiger partial charge in [0, 0.05) is 50.9 Å². The van der Waals surface area contributed by atoms with E-state index in [1.165, 1.54) is 0 Å². The molecule has 448 valence electrons. The lowest BCUT2D eigenvalue weighted by Crippen LogP contribution is -2.34. The Hall–Kier alpha value is -5.42. The SMILES string of the molecule is CC(C)[C@H](N)C(=O)O.CCOC(=O)C[C@H](C(=O)OCCCC(=O)O)C(C)C.CCOC(=O)C[C@H](C(=O)OCCCCO)C(C)C.CCOC(=O)Cl.CCOCC[C@H](C(=O)O)C(C)C.O=C(CCCO)OCc1ccccc1. The summed E-state index contributed by atoms with van der Waals surface area (Å²) in [5, 5.41) is 42.6. The number of hydrogen-bond acceptors (Lipinski definition) is 19. The number of aliphatic hydroxyl groups is 2. The highest BCUT2D eigenvalue weighted by molar-refractivity contribution is 6.61. The number of rotatable bonds is 32. The summed E-state index contributed by atoms with van der Waals surface area (Å²) >= 11 is 4.72.